The van der Waals surface area contributed by atoms with Crippen LogP contribution in [0.3, 0.4) is 0 Å². The van der Waals surface area contributed by atoms with E-state index in [4.69, 9.17) is 0 Å². The summed E-state index contributed by atoms with van der Waals surface area (Å²) in [5.74, 6) is -0.108. The molecule has 0 saturated carbocycles. The summed E-state index contributed by atoms with van der Waals surface area (Å²) < 4.78 is 24.9. The molecule has 0 saturated heterocycles. The van der Waals surface area contributed by atoms with Gasteiger partial charge in [0, 0.05) is 6.42 Å². The predicted molar refractivity (Wildman–Crippen MR) is 109 cm³/mol. The predicted octanol–water partition coefficient (Wildman–Crippen LogP) is 4.45. The van der Waals surface area contributed by atoms with Gasteiger partial charge in [-0.05, 0) is 30.5 Å². The molecule has 1 amide bonds. The van der Waals surface area contributed by atoms with E-state index in [0.717, 1.165) is 24.0 Å². The van der Waals surface area contributed by atoms with Gasteiger partial charge in [0.15, 0.2) is 9.84 Å². The smallest absolute Gasteiger partial charge is 0.221 e. The standard InChI is InChI=1S/C22H29NO3S/c1-4-18(5-2)22(19-9-7-6-8-10-19)23-21(24)15-16-27(25,26)20-13-11-17(3)12-14-20/h6-14,18,22H,4-5,15-16H2,1-3H3,(H,23,24). The Balaban J connectivity index is 2.06. The molecule has 27 heavy (non-hydrogen) atoms. The highest BCUT2D eigenvalue weighted by atomic mass is 32.2. The van der Waals surface area contributed by atoms with Gasteiger partial charge in [0.05, 0.1) is 16.7 Å². The van der Waals surface area contributed by atoms with Crippen molar-refractivity contribution in [3.05, 3.63) is 65.7 Å². The topological polar surface area (TPSA) is 63.2 Å². The maximum atomic E-state index is 12.5. The summed E-state index contributed by atoms with van der Waals surface area (Å²) in [6, 6.07) is 16.5. The lowest BCUT2D eigenvalue weighted by molar-refractivity contribution is -0.121. The molecule has 1 N–H and O–H groups in total. The molecule has 1 atom stereocenters. The quantitative estimate of drug-likeness (QED) is 0.691. The second kappa shape index (κ2) is 9.70. The SMILES string of the molecule is CCC(CC)C(NC(=O)CCS(=O)(=O)c1ccc(C)cc1)c1ccccc1. The minimum Gasteiger partial charge on any atom is -0.349 e. The fraction of sp³-hybridized carbons (Fsp3) is 0.409. The average molecular weight is 388 g/mol. The first-order valence-corrected chi connectivity index (χ1v) is 11.2. The van der Waals surface area contributed by atoms with Gasteiger partial charge in [0.25, 0.3) is 0 Å². The molecule has 146 valence electrons. The monoisotopic (exact) mass is 387 g/mol. The summed E-state index contributed by atoms with van der Waals surface area (Å²) >= 11 is 0. The molecule has 0 aliphatic rings. The normalized spacial score (nSPS) is 12.7. The van der Waals surface area contributed by atoms with Gasteiger partial charge in [0.2, 0.25) is 5.91 Å². The van der Waals surface area contributed by atoms with E-state index in [1.807, 2.05) is 37.3 Å². The maximum absolute atomic E-state index is 12.5. The Morgan fingerprint density at radius 2 is 1.56 bits per heavy atom. The number of carbonyl (C=O) groups is 1. The van der Waals surface area contributed by atoms with Gasteiger partial charge < -0.3 is 5.32 Å². The molecular weight excluding hydrogens is 358 g/mol. The summed E-state index contributed by atoms with van der Waals surface area (Å²) in [4.78, 5) is 12.8. The van der Waals surface area contributed by atoms with Crippen LogP contribution in [-0.4, -0.2) is 20.1 Å². The van der Waals surface area contributed by atoms with Crippen molar-refractivity contribution in [2.45, 2.75) is 51.0 Å². The van der Waals surface area contributed by atoms with Crippen LogP contribution in [0.4, 0.5) is 0 Å². The second-order valence-corrected chi connectivity index (χ2v) is 9.02. The largest absolute Gasteiger partial charge is 0.349 e. The molecule has 5 heteroatoms. The highest BCUT2D eigenvalue weighted by Gasteiger charge is 2.23. The van der Waals surface area contributed by atoms with Crippen LogP contribution in [-0.2, 0) is 14.6 Å². The average Bonchev–Trinajstić information content (AvgIpc) is 2.67. The molecule has 4 nitrogen and oxygen atoms in total. The summed E-state index contributed by atoms with van der Waals surface area (Å²) in [6.07, 6.45) is 1.84. The van der Waals surface area contributed by atoms with Crippen molar-refractivity contribution < 1.29 is 13.2 Å². The van der Waals surface area contributed by atoms with Crippen LogP contribution in [0.2, 0.25) is 0 Å². The van der Waals surface area contributed by atoms with Crippen LogP contribution >= 0.6 is 0 Å². The first kappa shape index (κ1) is 21.2. The second-order valence-electron chi connectivity index (χ2n) is 6.91. The lowest BCUT2D eigenvalue weighted by atomic mass is 9.88. The van der Waals surface area contributed by atoms with Crippen molar-refractivity contribution in [1.82, 2.24) is 5.32 Å². The number of sulfone groups is 1. The van der Waals surface area contributed by atoms with Crippen LogP contribution in [0, 0.1) is 12.8 Å². The maximum Gasteiger partial charge on any atom is 0.221 e. The zero-order valence-electron chi connectivity index (χ0n) is 16.3. The van der Waals surface area contributed by atoms with Crippen molar-refractivity contribution >= 4 is 15.7 Å². The Kier molecular flexibility index (Phi) is 7.60. The van der Waals surface area contributed by atoms with Crippen molar-refractivity contribution in [2.75, 3.05) is 5.75 Å². The van der Waals surface area contributed by atoms with Gasteiger partial charge in [-0.1, -0.05) is 74.7 Å². The molecule has 1 unspecified atom stereocenters. The van der Waals surface area contributed by atoms with Gasteiger partial charge in [-0.2, -0.15) is 0 Å². The number of aryl methyl sites for hydroxylation is 1. The lowest BCUT2D eigenvalue weighted by Gasteiger charge is -2.27. The van der Waals surface area contributed by atoms with Crippen LogP contribution in [0.15, 0.2) is 59.5 Å². The number of benzene rings is 2. The third-order valence-electron chi connectivity index (χ3n) is 4.97. The van der Waals surface area contributed by atoms with E-state index in [9.17, 15) is 13.2 Å². The van der Waals surface area contributed by atoms with E-state index in [1.165, 1.54) is 0 Å². The highest BCUT2D eigenvalue weighted by Crippen LogP contribution is 2.27. The minimum absolute atomic E-state index is 0.0420. The highest BCUT2D eigenvalue weighted by molar-refractivity contribution is 7.91. The Labute approximate surface area is 162 Å². The molecule has 2 aromatic carbocycles. The fourth-order valence-corrected chi connectivity index (χ4v) is 4.47. The van der Waals surface area contributed by atoms with Crippen LogP contribution in [0.1, 0.15) is 50.3 Å². The van der Waals surface area contributed by atoms with Gasteiger partial charge in [-0.15, -0.1) is 0 Å². The van der Waals surface area contributed by atoms with E-state index >= 15 is 0 Å². The summed E-state index contributed by atoms with van der Waals surface area (Å²) in [5.41, 5.74) is 2.06. The number of rotatable bonds is 9. The third kappa shape index (κ3) is 5.93. The van der Waals surface area contributed by atoms with Crippen molar-refractivity contribution in [3.8, 4) is 0 Å². The van der Waals surface area contributed by atoms with E-state index < -0.39 is 9.84 Å². The lowest BCUT2D eigenvalue weighted by Crippen LogP contribution is -2.34. The molecule has 0 aliphatic heterocycles. The van der Waals surface area contributed by atoms with Gasteiger partial charge in [0.1, 0.15) is 0 Å². The van der Waals surface area contributed by atoms with Gasteiger partial charge in [-0.3, -0.25) is 4.79 Å². The summed E-state index contributed by atoms with van der Waals surface area (Å²) in [7, 11) is -3.46. The van der Waals surface area contributed by atoms with E-state index in [0.29, 0.717) is 5.92 Å². The number of nitrogens with one attached hydrogen (secondary N) is 1. The third-order valence-corrected chi connectivity index (χ3v) is 6.71. The fourth-order valence-electron chi connectivity index (χ4n) is 3.23. The molecule has 0 aliphatic carbocycles. The Bertz CT molecular complexity index is 826. The van der Waals surface area contributed by atoms with Crippen molar-refractivity contribution in [3.63, 3.8) is 0 Å². The van der Waals surface area contributed by atoms with Gasteiger partial charge >= 0.3 is 0 Å². The van der Waals surface area contributed by atoms with E-state index in [1.54, 1.807) is 24.3 Å². The van der Waals surface area contributed by atoms with E-state index in [2.05, 4.69) is 19.2 Å². The minimum atomic E-state index is -3.46. The Hall–Kier alpha value is -2.14. The number of amides is 1. The molecule has 0 radical (unpaired) electrons. The van der Waals surface area contributed by atoms with Crippen molar-refractivity contribution in [2.24, 2.45) is 5.92 Å². The Morgan fingerprint density at radius 1 is 0.963 bits per heavy atom. The zero-order chi connectivity index (χ0) is 19.9. The molecular formula is C22H29NO3S. The molecule has 2 rings (SSSR count). The number of hydrogen-bond donors (Lipinski definition) is 1. The van der Waals surface area contributed by atoms with E-state index in [-0.39, 0.29) is 29.0 Å². The molecule has 2 aromatic rings. The number of hydrogen-bond acceptors (Lipinski definition) is 3. The van der Waals surface area contributed by atoms with Crippen LogP contribution in [0.5, 0.6) is 0 Å². The zero-order valence-corrected chi connectivity index (χ0v) is 17.1. The molecule has 0 heterocycles. The van der Waals surface area contributed by atoms with Gasteiger partial charge in [-0.25, -0.2) is 8.42 Å². The van der Waals surface area contributed by atoms with Crippen molar-refractivity contribution in [1.29, 1.82) is 0 Å². The first-order valence-electron chi connectivity index (χ1n) is 9.51. The van der Waals surface area contributed by atoms with Crippen LogP contribution in [0.25, 0.3) is 0 Å². The summed E-state index contributed by atoms with van der Waals surface area (Å²) in [5, 5.41) is 3.07. The first-order chi connectivity index (χ1) is 12.9. The molecule has 0 aromatic heterocycles. The van der Waals surface area contributed by atoms with Crippen LogP contribution < -0.4 is 5.32 Å². The Morgan fingerprint density at radius 3 is 2.11 bits per heavy atom. The molecule has 0 bridgehead atoms. The summed E-state index contributed by atoms with van der Waals surface area (Å²) in [6.45, 7) is 6.13. The number of carbonyl (C=O) groups excluding carboxylic acids is 1. The molecule has 0 spiro atoms. The molecule has 0 fully saturated rings.